The quantitative estimate of drug-likeness (QED) is 0.340. The molecule has 0 saturated heterocycles. The fourth-order valence-electron chi connectivity index (χ4n) is 2.16. The van der Waals surface area contributed by atoms with E-state index in [0.717, 1.165) is 11.4 Å². The van der Waals surface area contributed by atoms with Gasteiger partial charge in [-0.25, -0.2) is 0 Å². The maximum atomic E-state index is 11.5. The van der Waals surface area contributed by atoms with Gasteiger partial charge in [-0.1, -0.05) is 0 Å². The van der Waals surface area contributed by atoms with Crippen LogP contribution in [0.4, 0.5) is 11.4 Å². The van der Waals surface area contributed by atoms with Crippen LogP contribution < -0.4 is 49.7 Å². The molecule has 2 rings (SSSR count). The third-order valence-electron chi connectivity index (χ3n) is 3.20. The van der Waals surface area contributed by atoms with Gasteiger partial charge < -0.3 is 20.1 Å². The topological polar surface area (TPSA) is 96.9 Å². The molecule has 0 spiro atoms. The van der Waals surface area contributed by atoms with Crippen molar-refractivity contribution in [2.45, 2.75) is 18.7 Å². The molecular weight excluding hydrogens is 399 g/mol. The summed E-state index contributed by atoms with van der Waals surface area (Å²) in [5.74, 6) is 0.826. The molecule has 0 radical (unpaired) electrons. The Morgan fingerprint density at radius 1 is 1.00 bits per heavy atom. The summed E-state index contributed by atoms with van der Waals surface area (Å²) < 4.78 is 43.0. The molecule has 0 unspecified atom stereocenters. The van der Waals surface area contributed by atoms with Crippen LogP contribution in [0.2, 0.25) is 0 Å². The van der Waals surface area contributed by atoms with Gasteiger partial charge in [0.25, 0.3) is 10.1 Å². The first-order valence-electron chi connectivity index (χ1n) is 7.88. The molecule has 0 fully saturated rings. The zero-order valence-corrected chi connectivity index (χ0v) is 19.0. The molecule has 2 aromatic rings. The molecule has 3 N–H and O–H groups in total. The molecule has 140 valence electrons. The van der Waals surface area contributed by atoms with E-state index in [2.05, 4.69) is 10.6 Å². The number of anilines is 2. The molecular formula is C17H20N2NaO5S2+. The standard InChI is InChI=1S/C17H20N2O5S2.Na/c1-3-23-14-8-5-12(6-9-14)18-17(25)19-13-7-10-15(24-4-2)16(11-13)26(20,21)22;/h5-11H,3-4H2,1-2H3,(H2,18,19,25)(H,20,21,22);/q;+1. The van der Waals surface area contributed by atoms with E-state index in [1.54, 1.807) is 25.1 Å². The predicted molar refractivity (Wildman–Crippen MR) is 105 cm³/mol. The van der Waals surface area contributed by atoms with Crippen molar-refractivity contribution < 1.29 is 52.0 Å². The molecule has 7 nitrogen and oxygen atoms in total. The molecule has 0 heterocycles. The fourth-order valence-corrected chi connectivity index (χ4v) is 3.05. The normalized spacial score (nSPS) is 10.5. The minimum atomic E-state index is -4.43. The minimum absolute atomic E-state index is 0. The van der Waals surface area contributed by atoms with Gasteiger partial charge in [-0.3, -0.25) is 4.55 Å². The second kappa shape index (κ2) is 10.8. The summed E-state index contributed by atoms with van der Waals surface area (Å²) in [5, 5.41) is 6.11. The van der Waals surface area contributed by atoms with Crippen LogP contribution in [0.25, 0.3) is 0 Å². The summed E-state index contributed by atoms with van der Waals surface area (Å²) >= 11 is 5.23. The van der Waals surface area contributed by atoms with Crippen molar-refractivity contribution >= 4 is 38.8 Å². The van der Waals surface area contributed by atoms with E-state index in [4.69, 9.17) is 21.7 Å². The summed E-state index contributed by atoms with van der Waals surface area (Å²) in [6, 6.07) is 11.5. The molecule has 0 aromatic heterocycles. The molecule has 0 aliphatic heterocycles. The van der Waals surface area contributed by atoms with E-state index in [9.17, 15) is 13.0 Å². The van der Waals surface area contributed by atoms with Crippen LogP contribution in [0.15, 0.2) is 47.4 Å². The first kappa shape index (κ1) is 23.7. The average molecular weight is 419 g/mol. The second-order valence-corrected chi connectivity index (χ2v) is 6.90. The number of benzene rings is 2. The first-order chi connectivity index (χ1) is 12.3. The van der Waals surface area contributed by atoms with Gasteiger partial charge in [-0.05, 0) is 68.5 Å². The van der Waals surface area contributed by atoms with Gasteiger partial charge in [0, 0.05) is 11.4 Å². The molecule has 27 heavy (non-hydrogen) atoms. The summed E-state index contributed by atoms with van der Waals surface area (Å²) in [4.78, 5) is -0.326. The zero-order valence-electron chi connectivity index (χ0n) is 15.4. The number of hydrogen-bond acceptors (Lipinski definition) is 5. The van der Waals surface area contributed by atoms with Gasteiger partial charge in [-0.2, -0.15) is 8.42 Å². The minimum Gasteiger partial charge on any atom is -0.494 e. The van der Waals surface area contributed by atoms with Crippen LogP contribution in [-0.2, 0) is 10.1 Å². The molecule has 0 aliphatic rings. The van der Waals surface area contributed by atoms with Crippen molar-refractivity contribution in [1.82, 2.24) is 0 Å². The third kappa shape index (κ3) is 7.28. The van der Waals surface area contributed by atoms with Crippen LogP contribution in [0.5, 0.6) is 11.5 Å². The molecule has 0 bridgehead atoms. The molecule has 0 atom stereocenters. The Hall–Kier alpha value is -1.36. The smallest absolute Gasteiger partial charge is 0.494 e. The summed E-state index contributed by atoms with van der Waals surface area (Å²) in [5.41, 5.74) is 1.14. The SMILES string of the molecule is CCOc1ccc(NC(=S)Nc2ccc(OCC)c(S(=O)(=O)O)c2)cc1.[Na+]. The van der Waals surface area contributed by atoms with Gasteiger partial charge in [0.05, 0.1) is 13.2 Å². The van der Waals surface area contributed by atoms with Crippen molar-refractivity contribution in [1.29, 1.82) is 0 Å². The van der Waals surface area contributed by atoms with E-state index in [1.807, 2.05) is 19.1 Å². The Balaban J connectivity index is 0.00000364. The summed E-state index contributed by atoms with van der Waals surface area (Å²) in [7, 11) is -4.43. The molecule has 10 heteroatoms. The Kier molecular flexibility index (Phi) is 9.51. The van der Waals surface area contributed by atoms with Gasteiger partial charge in [-0.15, -0.1) is 0 Å². The van der Waals surface area contributed by atoms with Crippen molar-refractivity contribution in [3.63, 3.8) is 0 Å². The third-order valence-corrected chi connectivity index (χ3v) is 4.28. The largest absolute Gasteiger partial charge is 1.00 e. The maximum absolute atomic E-state index is 11.5. The van der Waals surface area contributed by atoms with E-state index < -0.39 is 10.1 Å². The molecule has 0 saturated carbocycles. The number of rotatable bonds is 7. The second-order valence-electron chi connectivity index (χ2n) is 5.11. The van der Waals surface area contributed by atoms with Gasteiger partial charge in [0.2, 0.25) is 0 Å². The van der Waals surface area contributed by atoms with Crippen molar-refractivity contribution in [2.24, 2.45) is 0 Å². The molecule has 0 aliphatic carbocycles. The number of hydrogen-bond donors (Lipinski definition) is 3. The average Bonchev–Trinajstić information content (AvgIpc) is 2.57. The zero-order chi connectivity index (χ0) is 19.2. The summed E-state index contributed by atoms with van der Waals surface area (Å²) in [6.07, 6.45) is 0. The first-order valence-corrected chi connectivity index (χ1v) is 9.73. The summed E-state index contributed by atoms with van der Waals surface area (Å²) in [6.45, 7) is 4.48. The van der Waals surface area contributed by atoms with Gasteiger partial charge in [0.1, 0.15) is 16.4 Å². The van der Waals surface area contributed by atoms with Crippen LogP contribution in [0, 0.1) is 0 Å². The van der Waals surface area contributed by atoms with E-state index in [1.165, 1.54) is 12.1 Å². The van der Waals surface area contributed by atoms with Crippen molar-refractivity contribution in [3.8, 4) is 11.5 Å². The molecule has 0 amide bonds. The van der Waals surface area contributed by atoms with E-state index >= 15 is 0 Å². The monoisotopic (exact) mass is 419 g/mol. The van der Waals surface area contributed by atoms with Crippen LogP contribution in [-0.4, -0.2) is 31.3 Å². The van der Waals surface area contributed by atoms with Crippen LogP contribution in [0.3, 0.4) is 0 Å². The van der Waals surface area contributed by atoms with Gasteiger partial charge >= 0.3 is 29.6 Å². The number of ether oxygens (including phenoxy) is 2. The van der Waals surface area contributed by atoms with Crippen LogP contribution >= 0.6 is 12.2 Å². The van der Waals surface area contributed by atoms with E-state index in [-0.39, 0.29) is 51.9 Å². The fraction of sp³-hybridized carbons (Fsp3) is 0.235. The maximum Gasteiger partial charge on any atom is 1.00 e. The Morgan fingerprint density at radius 2 is 1.56 bits per heavy atom. The Labute approximate surface area is 186 Å². The Bertz CT molecular complexity index is 873. The molecule has 2 aromatic carbocycles. The van der Waals surface area contributed by atoms with Crippen LogP contribution in [0.1, 0.15) is 13.8 Å². The van der Waals surface area contributed by atoms with Crippen molar-refractivity contribution in [2.75, 3.05) is 23.8 Å². The predicted octanol–water partition coefficient (Wildman–Crippen LogP) is 0.544. The Morgan fingerprint density at radius 3 is 2.11 bits per heavy atom. The van der Waals surface area contributed by atoms with Gasteiger partial charge in [0.15, 0.2) is 5.11 Å². The number of thiocarbonyl (C=S) groups is 1. The number of nitrogens with one attached hydrogen (secondary N) is 2. The van der Waals surface area contributed by atoms with E-state index in [0.29, 0.717) is 12.3 Å². The van der Waals surface area contributed by atoms with Crippen molar-refractivity contribution in [3.05, 3.63) is 42.5 Å².